The first-order valence-corrected chi connectivity index (χ1v) is 8.27. The van der Waals surface area contributed by atoms with Crippen molar-refractivity contribution in [3.05, 3.63) is 70.8 Å². The van der Waals surface area contributed by atoms with E-state index in [1.165, 1.54) is 12.1 Å². The van der Waals surface area contributed by atoms with Crippen molar-refractivity contribution in [3.63, 3.8) is 0 Å². The minimum Gasteiger partial charge on any atom is -0.332 e. The molecule has 0 fully saturated rings. The highest BCUT2D eigenvalue weighted by Gasteiger charge is 2.07. The summed E-state index contributed by atoms with van der Waals surface area (Å²) in [5.41, 5.74) is 2.51. The molecule has 0 saturated carbocycles. The van der Waals surface area contributed by atoms with Crippen molar-refractivity contribution >= 4 is 40.6 Å². The van der Waals surface area contributed by atoms with Gasteiger partial charge in [-0.15, -0.1) is 5.10 Å². The highest BCUT2D eigenvalue weighted by Crippen LogP contribution is 2.23. The fourth-order valence-electron chi connectivity index (χ4n) is 2.25. The van der Waals surface area contributed by atoms with E-state index in [9.17, 15) is 4.39 Å². The molecule has 0 bridgehead atoms. The zero-order chi connectivity index (χ0) is 17.8. The Morgan fingerprint density at radius 3 is 2.84 bits per heavy atom. The van der Waals surface area contributed by atoms with Crippen LogP contribution >= 0.6 is 23.8 Å². The normalized spacial score (nSPS) is 10.5. The molecule has 0 aliphatic heterocycles. The molecule has 0 radical (unpaired) electrons. The number of hydrogen-bond acceptors (Lipinski definition) is 3. The van der Waals surface area contributed by atoms with Crippen LogP contribution in [0.4, 0.5) is 16.0 Å². The van der Waals surface area contributed by atoms with Crippen molar-refractivity contribution in [2.75, 3.05) is 10.6 Å². The smallest absolute Gasteiger partial charge is 0.248 e. The molecule has 0 unspecified atom stereocenters. The molecule has 0 aliphatic carbocycles. The first-order chi connectivity index (χ1) is 12.0. The van der Waals surface area contributed by atoms with Crippen molar-refractivity contribution in [3.8, 4) is 0 Å². The van der Waals surface area contributed by atoms with Crippen molar-refractivity contribution in [2.45, 2.75) is 13.5 Å². The quantitative estimate of drug-likeness (QED) is 0.668. The van der Waals surface area contributed by atoms with Crippen LogP contribution in [0.5, 0.6) is 0 Å². The summed E-state index contributed by atoms with van der Waals surface area (Å²) in [4.78, 5) is 4.15. The molecule has 0 amide bonds. The van der Waals surface area contributed by atoms with E-state index in [0.717, 1.165) is 16.8 Å². The van der Waals surface area contributed by atoms with Gasteiger partial charge in [0.05, 0.1) is 6.54 Å². The maximum absolute atomic E-state index is 13.2. The van der Waals surface area contributed by atoms with Gasteiger partial charge in [0.1, 0.15) is 12.1 Å². The van der Waals surface area contributed by atoms with Crippen LogP contribution in [0.25, 0.3) is 0 Å². The van der Waals surface area contributed by atoms with Gasteiger partial charge in [-0.2, -0.15) is 0 Å². The fraction of sp³-hybridized carbons (Fsp3) is 0.118. The lowest BCUT2D eigenvalue weighted by Crippen LogP contribution is -2.20. The summed E-state index contributed by atoms with van der Waals surface area (Å²) in [5, 5.41) is 11.3. The maximum atomic E-state index is 13.2. The lowest BCUT2D eigenvalue weighted by atomic mass is 10.2. The molecule has 25 heavy (non-hydrogen) atoms. The van der Waals surface area contributed by atoms with Gasteiger partial charge in [-0.3, -0.25) is 5.32 Å². The van der Waals surface area contributed by atoms with Gasteiger partial charge in [-0.05, 0) is 54.5 Å². The molecule has 5 nitrogen and oxygen atoms in total. The van der Waals surface area contributed by atoms with Crippen LogP contribution in [-0.4, -0.2) is 19.9 Å². The second-order valence-corrected chi connectivity index (χ2v) is 6.20. The summed E-state index contributed by atoms with van der Waals surface area (Å²) in [5.74, 6) is 0.0758. The first-order valence-electron chi connectivity index (χ1n) is 7.48. The van der Waals surface area contributed by atoms with E-state index in [1.54, 1.807) is 17.1 Å². The summed E-state index contributed by atoms with van der Waals surface area (Å²) in [6.07, 6.45) is 1.56. The van der Waals surface area contributed by atoms with Gasteiger partial charge in [0, 0.05) is 10.7 Å². The third-order valence-corrected chi connectivity index (χ3v) is 4.12. The van der Waals surface area contributed by atoms with Gasteiger partial charge < -0.3 is 5.32 Å². The molecule has 1 heterocycles. The largest absolute Gasteiger partial charge is 0.332 e. The number of hydrogen-bond donors (Lipinski definition) is 2. The lowest BCUT2D eigenvalue weighted by molar-refractivity contribution is 0.619. The summed E-state index contributed by atoms with van der Waals surface area (Å²) < 4.78 is 14.8. The van der Waals surface area contributed by atoms with Crippen molar-refractivity contribution < 1.29 is 4.39 Å². The second kappa shape index (κ2) is 7.58. The molecular formula is C17H15ClFN5S. The Kier molecular flexibility index (Phi) is 5.25. The molecule has 0 atom stereocenters. The average molecular weight is 376 g/mol. The molecule has 1 aromatic heterocycles. The molecule has 3 aromatic rings. The van der Waals surface area contributed by atoms with Gasteiger partial charge in [0.15, 0.2) is 5.11 Å². The van der Waals surface area contributed by atoms with E-state index < -0.39 is 0 Å². The number of thiocarbonyl (C=S) groups is 1. The van der Waals surface area contributed by atoms with Gasteiger partial charge in [0.2, 0.25) is 5.95 Å². The van der Waals surface area contributed by atoms with Crippen molar-refractivity contribution in [1.82, 2.24) is 14.8 Å². The lowest BCUT2D eigenvalue weighted by Gasteiger charge is -2.11. The first kappa shape index (κ1) is 17.3. The minimum absolute atomic E-state index is 0.279. The SMILES string of the molecule is Cc1c(Cl)cccc1NC(=S)Nc1ncn(Cc2cccc(F)c2)n1. The molecule has 2 aromatic carbocycles. The molecule has 128 valence electrons. The van der Waals surface area contributed by atoms with E-state index in [2.05, 4.69) is 20.7 Å². The minimum atomic E-state index is -0.279. The highest BCUT2D eigenvalue weighted by molar-refractivity contribution is 7.80. The average Bonchev–Trinajstić information content (AvgIpc) is 2.98. The highest BCUT2D eigenvalue weighted by atomic mass is 35.5. The van der Waals surface area contributed by atoms with Crippen LogP contribution in [0.2, 0.25) is 5.02 Å². The third-order valence-electron chi connectivity index (χ3n) is 3.51. The number of nitrogens with one attached hydrogen (secondary N) is 2. The van der Waals surface area contributed by atoms with E-state index in [1.807, 2.05) is 31.2 Å². The Morgan fingerprint density at radius 2 is 2.04 bits per heavy atom. The Bertz CT molecular complexity index is 912. The monoisotopic (exact) mass is 375 g/mol. The number of benzene rings is 2. The number of anilines is 2. The molecule has 0 aliphatic rings. The van der Waals surface area contributed by atoms with Crippen LogP contribution in [0, 0.1) is 12.7 Å². The van der Waals surface area contributed by atoms with Crippen molar-refractivity contribution in [2.24, 2.45) is 0 Å². The van der Waals surface area contributed by atoms with E-state index >= 15 is 0 Å². The van der Waals surface area contributed by atoms with Gasteiger partial charge in [-0.1, -0.05) is 29.8 Å². The fourth-order valence-corrected chi connectivity index (χ4v) is 2.62. The van der Waals surface area contributed by atoms with Gasteiger partial charge >= 0.3 is 0 Å². The zero-order valence-corrected chi connectivity index (χ0v) is 14.9. The summed E-state index contributed by atoms with van der Waals surface area (Å²) in [7, 11) is 0. The standard InChI is InChI=1S/C17H15ClFN5S/c1-11-14(18)6-3-7-15(11)21-17(25)22-16-20-10-24(23-16)9-12-4-2-5-13(19)8-12/h2-8,10H,9H2,1H3,(H2,21,22,23,25). The van der Waals surface area contributed by atoms with Crippen LogP contribution in [-0.2, 0) is 6.54 Å². The van der Waals surface area contributed by atoms with Gasteiger partial charge in [-0.25, -0.2) is 14.1 Å². The summed E-state index contributed by atoms with van der Waals surface area (Å²) in [6, 6.07) is 11.9. The van der Waals surface area contributed by atoms with E-state index in [0.29, 0.717) is 22.6 Å². The van der Waals surface area contributed by atoms with Crippen molar-refractivity contribution in [1.29, 1.82) is 0 Å². The van der Waals surface area contributed by atoms with Gasteiger partial charge in [0.25, 0.3) is 0 Å². The predicted molar refractivity (Wildman–Crippen MR) is 102 cm³/mol. The zero-order valence-electron chi connectivity index (χ0n) is 13.3. The number of rotatable bonds is 4. The molecule has 3 rings (SSSR count). The number of nitrogens with zero attached hydrogens (tertiary/aromatic N) is 3. The van der Waals surface area contributed by atoms with E-state index in [-0.39, 0.29) is 5.82 Å². The Balaban J connectivity index is 1.63. The van der Waals surface area contributed by atoms with Crippen LogP contribution in [0.1, 0.15) is 11.1 Å². The van der Waals surface area contributed by atoms with Crippen LogP contribution < -0.4 is 10.6 Å². The molecule has 8 heteroatoms. The Labute approximate surface area is 154 Å². The summed E-state index contributed by atoms with van der Waals surface area (Å²) >= 11 is 11.4. The molecular weight excluding hydrogens is 361 g/mol. The number of aromatic nitrogens is 3. The Morgan fingerprint density at radius 1 is 1.24 bits per heavy atom. The molecule has 2 N–H and O–H groups in total. The summed E-state index contributed by atoms with van der Waals surface area (Å²) in [6.45, 7) is 2.32. The van der Waals surface area contributed by atoms with Crippen LogP contribution in [0.15, 0.2) is 48.8 Å². The van der Waals surface area contributed by atoms with E-state index in [4.69, 9.17) is 23.8 Å². The maximum Gasteiger partial charge on any atom is 0.248 e. The topological polar surface area (TPSA) is 54.8 Å². The Hall–Kier alpha value is -2.51. The van der Waals surface area contributed by atoms with Crippen LogP contribution in [0.3, 0.4) is 0 Å². The second-order valence-electron chi connectivity index (χ2n) is 5.39. The third kappa shape index (κ3) is 4.52. The molecule has 0 spiro atoms. The number of halogens is 2. The predicted octanol–water partition coefficient (Wildman–Crippen LogP) is 4.24. The molecule has 0 saturated heterocycles.